The standard InChI is InChI=1S/C20H27N2O10P/c1-6-20(4)17-14(31-18(20)22-8-7-15(23)21-19(22)25)11-29-33(26,32-17)28-10-13(27-5)9-16(24)30-12(2)3/h1,7-8,12-14,17-18H,9-11H2,2-5H3,(H,21,23,25)/t13-,14+,17+,18+,20+,33+/m0/s1. The SMILES string of the molecule is C#C[C@]1(C)[C@@H]2O[P@](=O)(OC[C@H](CC(=O)OC(C)C)OC)OC[C@H]2O[C@H]1n1ccc(=O)[nH]c1=O. The van der Waals surface area contributed by atoms with Crippen LogP contribution in [0.4, 0.5) is 0 Å². The molecule has 2 fully saturated rings. The monoisotopic (exact) mass is 486 g/mol. The Bertz CT molecular complexity index is 1080. The van der Waals surface area contributed by atoms with Gasteiger partial charge in [-0.3, -0.25) is 32.7 Å². The summed E-state index contributed by atoms with van der Waals surface area (Å²) in [6.45, 7) is 4.59. The van der Waals surface area contributed by atoms with Gasteiger partial charge in [0.1, 0.15) is 17.6 Å². The Morgan fingerprint density at radius 3 is 2.79 bits per heavy atom. The first kappa shape index (κ1) is 25.4. The van der Waals surface area contributed by atoms with Crippen molar-refractivity contribution in [3.05, 3.63) is 33.1 Å². The van der Waals surface area contributed by atoms with E-state index < -0.39 is 55.0 Å². The number of rotatable bonds is 8. The maximum atomic E-state index is 13.1. The fourth-order valence-electron chi connectivity index (χ4n) is 3.61. The summed E-state index contributed by atoms with van der Waals surface area (Å²) in [5, 5.41) is 0. The van der Waals surface area contributed by atoms with Gasteiger partial charge in [0.05, 0.1) is 31.8 Å². The minimum Gasteiger partial charge on any atom is -0.463 e. The van der Waals surface area contributed by atoms with Crippen LogP contribution in [0.15, 0.2) is 21.9 Å². The summed E-state index contributed by atoms with van der Waals surface area (Å²) >= 11 is 0. The van der Waals surface area contributed by atoms with Crippen LogP contribution in [0, 0.1) is 17.8 Å². The van der Waals surface area contributed by atoms with Crippen LogP contribution in [0.5, 0.6) is 0 Å². The number of esters is 1. The summed E-state index contributed by atoms with van der Waals surface area (Å²) in [5.41, 5.74) is -2.54. The quantitative estimate of drug-likeness (QED) is 0.321. The van der Waals surface area contributed by atoms with E-state index in [4.69, 9.17) is 34.2 Å². The number of nitrogens with zero attached hydrogens (tertiary/aromatic N) is 1. The van der Waals surface area contributed by atoms with E-state index in [1.165, 1.54) is 13.3 Å². The van der Waals surface area contributed by atoms with E-state index in [9.17, 15) is 18.9 Å². The molecule has 2 aliphatic rings. The Hall–Kier alpha value is -2.26. The van der Waals surface area contributed by atoms with Crippen molar-refractivity contribution in [1.29, 1.82) is 0 Å². The lowest BCUT2D eigenvalue weighted by molar-refractivity contribution is -0.151. The molecule has 0 amide bonds. The van der Waals surface area contributed by atoms with Crippen LogP contribution in [0.1, 0.15) is 33.4 Å². The third-order valence-electron chi connectivity index (χ3n) is 5.31. The van der Waals surface area contributed by atoms with Gasteiger partial charge >= 0.3 is 19.5 Å². The van der Waals surface area contributed by atoms with Gasteiger partial charge in [0, 0.05) is 19.4 Å². The average Bonchev–Trinajstić information content (AvgIpc) is 3.03. The number of phosphoric ester groups is 1. The van der Waals surface area contributed by atoms with Crippen molar-refractivity contribution in [3.8, 4) is 12.3 Å². The van der Waals surface area contributed by atoms with Gasteiger partial charge in [-0.15, -0.1) is 6.42 Å². The first-order valence-corrected chi connectivity index (χ1v) is 11.7. The minimum atomic E-state index is -4.11. The van der Waals surface area contributed by atoms with Crippen LogP contribution < -0.4 is 11.2 Å². The maximum absolute atomic E-state index is 13.1. The number of fused-ring (bicyclic) bond motifs is 1. The number of carbonyl (C=O) groups excluding carboxylic acids is 1. The average molecular weight is 486 g/mol. The Labute approximate surface area is 190 Å². The molecule has 3 rings (SSSR count). The molecular weight excluding hydrogens is 459 g/mol. The molecule has 0 aliphatic carbocycles. The zero-order valence-corrected chi connectivity index (χ0v) is 19.6. The van der Waals surface area contributed by atoms with Crippen LogP contribution in [-0.4, -0.2) is 60.3 Å². The fourth-order valence-corrected chi connectivity index (χ4v) is 5.12. The topological polar surface area (TPSA) is 144 Å². The highest BCUT2D eigenvalue weighted by atomic mass is 31.2. The number of carbonyl (C=O) groups is 1. The molecule has 1 aromatic heterocycles. The van der Waals surface area contributed by atoms with Crippen LogP contribution in [0.2, 0.25) is 0 Å². The molecule has 0 unspecified atom stereocenters. The predicted octanol–water partition coefficient (Wildman–Crippen LogP) is 0.970. The lowest BCUT2D eigenvalue weighted by Gasteiger charge is -2.35. The van der Waals surface area contributed by atoms with Crippen molar-refractivity contribution in [2.24, 2.45) is 5.41 Å². The van der Waals surface area contributed by atoms with E-state index in [1.54, 1.807) is 20.8 Å². The van der Waals surface area contributed by atoms with Gasteiger partial charge in [0.15, 0.2) is 6.23 Å². The molecule has 1 aromatic rings. The number of aromatic nitrogens is 2. The third kappa shape index (κ3) is 5.46. The van der Waals surface area contributed by atoms with Gasteiger partial charge in [0.25, 0.3) is 5.56 Å². The van der Waals surface area contributed by atoms with Gasteiger partial charge in [-0.25, -0.2) is 9.36 Å². The summed E-state index contributed by atoms with van der Waals surface area (Å²) in [6.07, 6.45) is 3.15. The Balaban J connectivity index is 1.73. The maximum Gasteiger partial charge on any atom is 0.475 e. The highest BCUT2D eigenvalue weighted by Gasteiger charge is 2.60. The van der Waals surface area contributed by atoms with Crippen molar-refractivity contribution in [2.45, 2.75) is 57.8 Å². The van der Waals surface area contributed by atoms with Crippen LogP contribution >= 0.6 is 7.82 Å². The normalized spacial score (nSPS) is 32.2. The molecule has 33 heavy (non-hydrogen) atoms. The lowest BCUT2D eigenvalue weighted by atomic mass is 9.83. The number of hydrogen-bond donors (Lipinski definition) is 1. The first-order chi connectivity index (χ1) is 15.5. The van der Waals surface area contributed by atoms with E-state index in [0.717, 1.165) is 10.6 Å². The highest BCUT2D eigenvalue weighted by Crippen LogP contribution is 2.60. The second kappa shape index (κ2) is 9.93. The van der Waals surface area contributed by atoms with Gasteiger partial charge in [0.2, 0.25) is 0 Å². The highest BCUT2D eigenvalue weighted by molar-refractivity contribution is 7.48. The number of hydrogen-bond acceptors (Lipinski definition) is 10. The number of ether oxygens (including phenoxy) is 3. The van der Waals surface area contributed by atoms with Crippen LogP contribution in [0.25, 0.3) is 0 Å². The molecule has 2 aliphatic heterocycles. The van der Waals surface area contributed by atoms with E-state index in [-0.39, 0.29) is 25.7 Å². The lowest BCUT2D eigenvalue weighted by Crippen LogP contribution is -2.43. The molecule has 0 spiro atoms. The summed E-state index contributed by atoms with van der Waals surface area (Å²) < 4.78 is 46.8. The molecule has 12 nitrogen and oxygen atoms in total. The van der Waals surface area contributed by atoms with Crippen molar-refractivity contribution in [1.82, 2.24) is 9.55 Å². The summed E-state index contributed by atoms with van der Waals surface area (Å²) in [7, 11) is -2.73. The van der Waals surface area contributed by atoms with Gasteiger partial charge in [-0.05, 0) is 20.8 Å². The molecule has 13 heteroatoms. The van der Waals surface area contributed by atoms with Crippen molar-refractivity contribution in [3.63, 3.8) is 0 Å². The Kier molecular flexibility index (Phi) is 7.63. The summed E-state index contributed by atoms with van der Waals surface area (Å²) in [4.78, 5) is 37.7. The molecule has 1 N–H and O–H groups in total. The van der Waals surface area contributed by atoms with E-state index in [0.29, 0.717) is 0 Å². The van der Waals surface area contributed by atoms with Crippen LogP contribution in [0.3, 0.4) is 0 Å². The summed E-state index contributed by atoms with van der Waals surface area (Å²) in [5.74, 6) is 2.07. The zero-order valence-electron chi connectivity index (χ0n) is 18.7. The van der Waals surface area contributed by atoms with E-state index >= 15 is 0 Å². The Morgan fingerprint density at radius 1 is 1.45 bits per heavy atom. The molecule has 3 heterocycles. The first-order valence-electron chi connectivity index (χ1n) is 10.3. The number of methoxy groups -OCH3 is 1. The number of nitrogens with one attached hydrogen (secondary N) is 1. The molecule has 0 aromatic carbocycles. The summed E-state index contributed by atoms with van der Waals surface area (Å²) in [6, 6.07) is 1.16. The molecular formula is C20H27N2O10P. The van der Waals surface area contributed by atoms with Crippen molar-refractivity contribution >= 4 is 13.8 Å². The number of terminal acetylenes is 1. The van der Waals surface area contributed by atoms with E-state index in [1.807, 2.05) is 0 Å². The molecule has 6 atom stereocenters. The molecule has 0 saturated carbocycles. The van der Waals surface area contributed by atoms with Gasteiger partial charge in [-0.1, -0.05) is 5.92 Å². The van der Waals surface area contributed by atoms with Crippen molar-refractivity contribution < 1.29 is 37.1 Å². The second-order valence-corrected chi connectivity index (χ2v) is 9.76. The number of aromatic amines is 1. The molecule has 2 saturated heterocycles. The van der Waals surface area contributed by atoms with Crippen molar-refractivity contribution in [2.75, 3.05) is 20.3 Å². The Morgan fingerprint density at radius 2 is 2.18 bits per heavy atom. The molecule has 0 radical (unpaired) electrons. The third-order valence-corrected chi connectivity index (χ3v) is 6.73. The predicted molar refractivity (Wildman–Crippen MR) is 113 cm³/mol. The zero-order chi connectivity index (χ0) is 24.4. The second-order valence-electron chi connectivity index (χ2n) is 8.14. The van der Waals surface area contributed by atoms with Gasteiger partial charge in [-0.2, -0.15) is 0 Å². The number of H-pyrrole nitrogens is 1. The minimum absolute atomic E-state index is 0.122. The fraction of sp³-hybridized carbons (Fsp3) is 0.650. The molecule has 182 valence electrons. The molecule has 0 bridgehead atoms. The van der Waals surface area contributed by atoms with E-state index in [2.05, 4.69) is 10.9 Å². The van der Waals surface area contributed by atoms with Gasteiger partial charge < -0.3 is 14.2 Å². The largest absolute Gasteiger partial charge is 0.475 e. The smallest absolute Gasteiger partial charge is 0.463 e. The van der Waals surface area contributed by atoms with Crippen LogP contribution in [-0.2, 0) is 37.1 Å². The number of phosphoric acid groups is 1.